The van der Waals surface area contributed by atoms with Gasteiger partial charge in [-0.15, -0.1) is 0 Å². The van der Waals surface area contributed by atoms with Crippen LogP contribution in [0.25, 0.3) is 0 Å². The Kier molecular flexibility index (Phi) is 2.48. The molecular formula is C10H16O. The monoisotopic (exact) mass is 152 g/mol. The van der Waals surface area contributed by atoms with Gasteiger partial charge in [0.05, 0.1) is 0 Å². The number of hydrogen-bond donors (Lipinski definition) is 0. The van der Waals surface area contributed by atoms with Gasteiger partial charge in [0.2, 0.25) is 0 Å². The van der Waals surface area contributed by atoms with Gasteiger partial charge < -0.3 is 0 Å². The first-order chi connectivity index (χ1) is 5.16. The first kappa shape index (κ1) is 8.51. The molecule has 0 saturated heterocycles. The minimum Gasteiger partial charge on any atom is -0.295 e. The Morgan fingerprint density at radius 2 is 2.36 bits per heavy atom. The van der Waals surface area contributed by atoms with Crippen molar-refractivity contribution in [2.24, 2.45) is 5.41 Å². The van der Waals surface area contributed by atoms with Gasteiger partial charge in [0.1, 0.15) is 0 Å². The molecule has 1 aliphatic rings. The van der Waals surface area contributed by atoms with Crippen molar-refractivity contribution >= 4 is 5.78 Å². The zero-order chi connectivity index (χ0) is 8.32. The molecule has 0 unspecified atom stereocenters. The molecule has 0 aliphatic heterocycles. The maximum absolute atomic E-state index is 10.9. The normalized spacial score (nSPS) is 30.9. The Morgan fingerprint density at radius 3 is 2.82 bits per heavy atom. The minimum atomic E-state index is 0.290. The van der Waals surface area contributed by atoms with E-state index in [4.69, 9.17) is 0 Å². The second-order valence-corrected chi connectivity index (χ2v) is 3.70. The molecule has 62 valence electrons. The fourth-order valence-corrected chi connectivity index (χ4v) is 1.65. The second-order valence-electron chi connectivity index (χ2n) is 3.70. The fourth-order valence-electron chi connectivity index (χ4n) is 1.65. The molecule has 0 heterocycles. The quantitative estimate of drug-likeness (QED) is 0.594. The number of allylic oxidation sites excluding steroid dienone is 2. The lowest BCUT2D eigenvalue weighted by molar-refractivity contribution is -0.115. The molecular weight excluding hydrogens is 136 g/mol. The standard InChI is InChI=1S/C10H16O/c1-3-6-10(2)7-4-9(11)5-8-10/h4,7H,3,5-6,8H2,1-2H3/t10-/m0/s1. The van der Waals surface area contributed by atoms with Crippen molar-refractivity contribution in [1.82, 2.24) is 0 Å². The van der Waals surface area contributed by atoms with Crippen LogP contribution in [0.5, 0.6) is 0 Å². The van der Waals surface area contributed by atoms with Gasteiger partial charge in [-0.3, -0.25) is 4.79 Å². The Labute approximate surface area is 68.5 Å². The van der Waals surface area contributed by atoms with Crippen molar-refractivity contribution in [3.05, 3.63) is 12.2 Å². The highest BCUT2D eigenvalue weighted by Gasteiger charge is 2.23. The van der Waals surface area contributed by atoms with E-state index < -0.39 is 0 Å². The van der Waals surface area contributed by atoms with Crippen molar-refractivity contribution in [3.63, 3.8) is 0 Å². The van der Waals surface area contributed by atoms with Crippen LogP contribution < -0.4 is 0 Å². The predicted octanol–water partition coefficient (Wildman–Crippen LogP) is 2.71. The first-order valence-corrected chi connectivity index (χ1v) is 4.38. The minimum absolute atomic E-state index is 0.290. The van der Waals surface area contributed by atoms with Crippen LogP contribution in [-0.4, -0.2) is 5.78 Å². The zero-order valence-corrected chi connectivity index (χ0v) is 7.39. The third kappa shape index (κ3) is 2.18. The summed E-state index contributed by atoms with van der Waals surface area (Å²) in [6.45, 7) is 4.43. The molecule has 1 nitrogen and oxygen atoms in total. The van der Waals surface area contributed by atoms with Crippen molar-refractivity contribution in [3.8, 4) is 0 Å². The highest BCUT2D eigenvalue weighted by atomic mass is 16.1. The molecule has 0 aromatic rings. The number of ketones is 1. The molecule has 0 bridgehead atoms. The first-order valence-electron chi connectivity index (χ1n) is 4.38. The van der Waals surface area contributed by atoms with Gasteiger partial charge in [-0.1, -0.05) is 26.3 Å². The van der Waals surface area contributed by atoms with Crippen LogP contribution >= 0.6 is 0 Å². The summed E-state index contributed by atoms with van der Waals surface area (Å²) in [5, 5.41) is 0. The number of hydrogen-bond acceptors (Lipinski definition) is 1. The van der Waals surface area contributed by atoms with Crippen LogP contribution in [0, 0.1) is 5.41 Å². The summed E-state index contributed by atoms with van der Waals surface area (Å²) in [5.41, 5.74) is 0.308. The second kappa shape index (κ2) is 3.21. The van der Waals surface area contributed by atoms with Crippen molar-refractivity contribution in [1.29, 1.82) is 0 Å². The number of rotatable bonds is 2. The molecule has 1 heteroatoms. The molecule has 0 N–H and O–H groups in total. The van der Waals surface area contributed by atoms with Gasteiger partial charge in [-0.05, 0) is 24.3 Å². The summed E-state index contributed by atoms with van der Waals surface area (Å²) in [7, 11) is 0. The summed E-state index contributed by atoms with van der Waals surface area (Å²) in [6, 6.07) is 0. The summed E-state index contributed by atoms with van der Waals surface area (Å²) in [4.78, 5) is 10.9. The maximum Gasteiger partial charge on any atom is 0.155 e. The summed E-state index contributed by atoms with van der Waals surface area (Å²) in [5.74, 6) is 0.290. The smallest absolute Gasteiger partial charge is 0.155 e. The Morgan fingerprint density at radius 1 is 1.64 bits per heavy atom. The lowest BCUT2D eigenvalue weighted by Gasteiger charge is -2.27. The van der Waals surface area contributed by atoms with Crippen molar-refractivity contribution in [2.75, 3.05) is 0 Å². The molecule has 1 atom stereocenters. The lowest BCUT2D eigenvalue weighted by atomic mass is 9.77. The van der Waals surface area contributed by atoms with E-state index >= 15 is 0 Å². The van der Waals surface area contributed by atoms with E-state index in [0.717, 1.165) is 12.8 Å². The average Bonchev–Trinajstić information content (AvgIpc) is 1.97. The number of carbonyl (C=O) groups excluding carboxylic acids is 1. The third-order valence-electron chi connectivity index (χ3n) is 2.44. The summed E-state index contributed by atoms with van der Waals surface area (Å²) >= 11 is 0. The van der Waals surface area contributed by atoms with Gasteiger partial charge in [0, 0.05) is 6.42 Å². The van der Waals surface area contributed by atoms with Crippen LogP contribution in [0.3, 0.4) is 0 Å². The van der Waals surface area contributed by atoms with Crippen molar-refractivity contribution < 1.29 is 4.79 Å². The molecule has 0 spiro atoms. The molecule has 11 heavy (non-hydrogen) atoms. The van der Waals surface area contributed by atoms with Gasteiger partial charge >= 0.3 is 0 Å². The lowest BCUT2D eigenvalue weighted by Crippen LogP contribution is -2.18. The van der Waals surface area contributed by atoms with Gasteiger partial charge in [0.25, 0.3) is 0 Å². The van der Waals surface area contributed by atoms with Gasteiger partial charge in [-0.2, -0.15) is 0 Å². The maximum atomic E-state index is 10.9. The highest BCUT2D eigenvalue weighted by Crippen LogP contribution is 2.33. The Bertz CT molecular complexity index is 181. The fraction of sp³-hybridized carbons (Fsp3) is 0.700. The molecule has 0 saturated carbocycles. The molecule has 0 amide bonds. The predicted molar refractivity (Wildman–Crippen MR) is 46.4 cm³/mol. The highest BCUT2D eigenvalue weighted by molar-refractivity contribution is 5.90. The third-order valence-corrected chi connectivity index (χ3v) is 2.44. The molecule has 0 radical (unpaired) electrons. The summed E-state index contributed by atoms with van der Waals surface area (Å²) in [6.07, 6.45) is 8.02. The largest absolute Gasteiger partial charge is 0.295 e. The van der Waals surface area contributed by atoms with Crippen LogP contribution in [0.1, 0.15) is 39.5 Å². The van der Waals surface area contributed by atoms with E-state index in [-0.39, 0.29) is 0 Å². The van der Waals surface area contributed by atoms with E-state index in [0.29, 0.717) is 11.2 Å². The van der Waals surface area contributed by atoms with E-state index in [9.17, 15) is 4.79 Å². The molecule has 1 rings (SSSR count). The van der Waals surface area contributed by atoms with E-state index in [2.05, 4.69) is 19.9 Å². The van der Waals surface area contributed by atoms with Crippen molar-refractivity contribution in [2.45, 2.75) is 39.5 Å². The molecule has 0 aromatic heterocycles. The van der Waals surface area contributed by atoms with Crippen LogP contribution in [0.2, 0.25) is 0 Å². The SMILES string of the molecule is CCC[C@@]1(C)C=CC(=O)CC1. The van der Waals surface area contributed by atoms with E-state index in [1.165, 1.54) is 12.8 Å². The van der Waals surface area contributed by atoms with Gasteiger partial charge in [0.15, 0.2) is 5.78 Å². The van der Waals surface area contributed by atoms with E-state index in [1.54, 1.807) is 6.08 Å². The zero-order valence-electron chi connectivity index (χ0n) is 7.39. The Hall–Kier alpha value is -0.590. The van der Waals surface area contributed by atoms with Crippen LogP contribution in [0.15, 0.2) is 12.2 Å². The average molecular weight is 152 g/mol. The van der Waals surface area contributed by atoms with Gasteiger partial charge in [-0.25, -0.2) is 0 Å². The van der Waals surface area contributed by atoms with Crippen LogP contribution in [0.4, 0.5) is 0 Å². The molecule has 0 fully saturated rings. The number of carbonyl (C=O) groups is 1. The van der Waals surface area contributed by atoms with E-state index in [1.807, 2.05) is 0 Å². The molecule has 1 aliphatic carbocycles. The summed E-state index contributed by atoms with van der Waals surface area (Å²) < 4.78 is 0. The topological polar surface area (TPSA) is 17.1 Å². The molecule has 0 aromatic carbocycles. The Balaban J connectivity index is 2.60. The van der Waals surface area contributed by atoms with Crippen LogP contribution in [-0.2, 0) is 4.79 Å².